The first kappa shape index (κ1) is 29.4. The number of halogens is 2. The van der Waals surface area contributed by atoms with Crippen molar-refractivity contribution in [2.45, 2.75) is 39.7 Å². The minimum absolute atomic E-state index is 0.155. The molecule has 0 unspecified atom stereocenters. The lowest BCUT2D eigenvalue weighted by molar-refractivity contribution is -0.111. The first-order chi connectivity index (χ1) is 19.7. The summed E-state index contributed by atoms with van der Waals surface area (Å²) in [7, 11) is 2.82. The Balaban J connectivity index is 1.81. The van der Waals surface area contributed by atoms with Gasteiger partial charge in [-0.2, -0.15) is 0 Å². The Morgan fingerprint density at radius 3 is 2.63 bits per heavy atom. The van der Waals surface area contributed by atoms with Crippen molar-refractivity contribution in [1.29, 1.82) is 0 Å². The maximum Gasteiger partial charge on any atom is 0.247 e. The molecule has 0 aliphatic rings. The number of amides is 1. The van der Waals surface area contributed by atoms with E-state index in [2.05, 4.69) is 22.2 Å². The van der Waals surface area contributed by atoms with Gasteiger partial charge in [-0.1, -0.05) is 26.0 Å². The van der Waals surface area contributed by atoms with Gasteiger partial charge in [0.05, 0.1) is 31.3 Å². The summed E-state index contributed by atoms with van der Waals surface area (Å²) in [4.78, 5) is 30.0. The van der Waals surface area contributed by atoms with Gasteiger partial charge in [0.1, 0.15) is 17.2 Å². The van der Waals surface area contributed by atoms with Crippen LogP contribution in [0.1, 0.15) is 52.6 Å². The van der Waals surface area contributed by atoms with Gasteiger partial charge in [-0.15, -0.1) is 0 Å². The Morgan fingerprint density at radius 1 is 1.17 bits per heavy atom. The van der Waals surface area contributed by atoms with E-state index in [0.717, 1.165) is 29.7 Å². The zero-order chi connectivity index (χ0) is 29.7. The van der Waals surface area contributed by atoms with Crippen LogP contribution in [0.5, 0.6) is 5.75 Å². The summed E-state index contributed by atoms with van der Waals surface area (Å²) in [6.45, 7) is 7.74. The quantitative estimate of drug-likeness (QED) is 0.141. The molecular formula is C31H31F2N3O5. The SMILES string of the molecule is C=CC(=O)Nc1cc(COC)cc(C)c1Nc1cc2c(CCCC)c(C(=O)c3c(F)ccc(OC)c3F)oc2cn1. The summed E-state index contributed by atoms with van der Waals surface area (Å²) in [6.07, 6.45) is 4.58. The highest BCUT2D eigenvalue weighted by atomic mass is 19.1. The molecule has 8 nitrogen and oxygen atoms in total. The Hall–Kier alpha value is -4.57. The molecule has 0 spiro atoms. The second kappa shape index (κ2) is 12.7. The van der Waals surface area contributed by atoms with E-state index in [1.807, 2.05) is 19.9 Å². The van der Waals surface area contributed by atoms with Crippen molar-refractivity contribution < 1.29 is 32.3 Å². The molecule has 0 saturated heterocycles. The molecule has 2 N–H and O–H groups in total. The van der Waals surface area contributed by atoms with E-state index in [4.69, 9.17) is 13.9 Å². The van der Waals surface area contributed by atoms with Crippen molar-refractivity contribution in [3.63, 3.8) is 0 Å². The number of fused-ring (bicyclic) bond motifs is 1. The molecule has 2 aromatic heterocycles. The third-order valence-corrected chi connectivity index (χ3v) is 6.57. The van der Waals surface area contributed by atoms with Gasteiger partial charge in [0.25, 0.3) is 0 Å². The van der Waals surface area contributed by atoms with E-state index < -0.39 is 23.0 Å². The predicted molar refractivity (Wildman–Crippen MR) is 153 cm³/mol. The van der Waals surface area contributed by atoms with Crippen LogP contribution in [0.4, 0.5) is 26.0 Å². The molecule has 2 aromatic carbocycles. The molecule has 214 valence electrons. The van der Waals surface area contributed by atoms with Crippen molar-refractivity contribution in [3.05, 3.63) is 88.8 Å². The average molecular weight is 564 g/mol. The number of hydrogen-bond acceptors (Lipinski definition) is 7. The maximum absolute atomic E-state index is 15.0. The molecule has 0 fully saturated rings. The summed E-state index contributed by atoms with van der Waals surface area (Å²) in [6, 6.07) is 7.52. The van der Waals surface area contributed by atoms with Crippen molar-refractivity contribution in [2.24, 2.45) is 0 Å². The Labute approximate surface area is 236 Å². The molecule has 1 amide bonds. The molecule has 0 saturated carbocycles. The number of pyridine rings is 1. The van der Waals surface area contributed by atoms with Gasteiger partial charge in [0.15, 0.2) is 22.9 Å². The molecule has 0 bridgehead atoms. The first-order valence-electron chi connectivity index (χ1n) is 13.0. The maximum atomic E-state index is 15.0. The first-order valence-corrected chi connectivity index (χ1v) is 13.0. The third kappa shape index (κ3) is 6.12. The van der Waals surface area contributed by atoms with E-state index in [-0.39, 0.29) is 17.4 Å². The van der Waals surface area contributed by atoms with Crippen LogP contribution in [0.3, 0.4) is 0 Å². The molecular weight excluding hydrogens is 532 g/mol. The lowest BCUT2D eigenvalue weighted by atomic mass is 9.99. The number of unbranched alkanes of at least 4 members (excludes halogenated alkanes) is 1. The number of aryl methyl sites for hydroxylation is 2. The molecule has 2 heterocycles. The number of nitrogens with zero attached hydrogens (tertiary/aromatic N) is 1. The van der Waals surface area contributed by atoms with Crippen LogP contribution in [-0.2, 0) is 22.6 Å². The Morgan fingerprint density at radius 2 is 1.95 bits per heavy atom. The van der Waals surface area contributed by atoms with Crippen molar-refractivity contribution in [3.8, 4) is 5.75 Å². The van der Waals surface area contributed by atoms with Gasteiger partial charge in [0, 0.05) is 18.1 Å². The molecule has 0 aliphatic carbocycles. The number of carbonyl (C=O) groups is 2. The number of rotatable bonds is 12. The third-order valence-electron chi connectivity index (χ3n) is 6.57. The molecule has 0 aliphatic heterocycles. The molecule has 0 atom stereocenters. The van der Waals surface area contributed by atoms with E-state index in [1.54, 1.807) is 19.2 Å². The number of carbonyl (C=O) groups excluding carboxylic acids is 2. The lowest BCUT2D eigenvalue weighted by Crippen LogP contribution is -2.11. The van der Waals surface area contributed by atoms with Crippen LogP contribution in [0.25, 0.3) is 11.0 Å². The zero-order valence-electron chi connectivity index (χ0n) is 23.3. The largest absolute Gasteiger partial charge is 0.494 e. The van der Waals surface area contributed by atoms with Crippen LogP contribution in [0, 0.1) is 18.6 Å². The highest BCUT2D eigenvalue weighted by Crippen LogP contribution is 2.35. The number of aromatic nitrogens is 1. The second-order valence-corrected chi connectivity index (χ2v) is 9.43. The fraction of sp³-hybridized carbons (Fsp3) is 0.258. The van der Waals surface area contributed by atoms with E-state index >= 15 is 0 Å². The van der Waals surface area contributed by atoms with Crippen LogP contribution in [0.15, 0.2) is 53.6 Å². The Kier molecular flexibility index (Phi) is 9.14. The highest BCUT2D eigenvalue weighted by Gasteiger charge is 2.29. The normalized spacial score (nSPS) is 11.0. The number of ketones is 1. The fourth-order valence-corrected chi connectivity index (χ4v) is 4.61. The molecule has 41 heavy (non-hydrogen) atoms. The van der Waals surface area contributed by atoms with Gasteiger partial charge in [-0.3, -0.25) is 9.59 Å². The van der Waals surface area contributed by atoms with Gasteiger partial charge in [0.2, 0.25) is 11.7 Å². The minimum Gasteiger partial charge on any atom is -0.494 e. The second-order valence-electron chi connectivity index (χ2n) is 9.43. The van der Waals surface area contributed by atoms with Crippen molar-refractivity contribution in [2.75, 3.05) is 24.9 Å². The smallest absolute Gasteiger partial charge is 0.247 e. The summed E-state index contributed by atoms with van der Waals surface area (Å²) in [5.74, 6) is -3.42. The van der Waals surface area contributed by atoms with Crippen LogP contribution >= 0.6 is 0 Å². The fourth-order valence-electron chi connectivity index (χ4n) is 4.61. The molecule has 10 heteroatoms. The van der Waals surface area contributed by atoms with E-state index in [0.29, 0.717) is 53.2 Å². The number of benzene rings is 2. The number of hydrogen-bond donors (Lipinski definition) is 2. The standard InChI is InChI=1S/C31H31F2N3O5/c1-6-8-9-19-20-14-25(36-29-17(3)12-18(16-39-4)13-22(29)35-26(37)7-2)34-15-24(20)41-31(19)30(38)27-21(32)10-11-23(40-5)28(27)33/h7,10-15H,2,6,8-9,16H2,1,3-5H3,(H,34,36)(H,35,37). The zero-order valence-corrected chi connectivity index (χ0v) is 23.3. The number of nitrogens with one attached hydrogen (secondary N) is 2. The number of methoxy groups -OCH3 is 2. The summed E-state index contributed by atoms with van der Waals surface area (Å²) >= 11 is 0. The Bertz CT molecular complexity index is 1630. The topological polar surface area (TPSA) is 103 Å². The van der Waals surface area contributed by atoms with E-state index in [9.17, 15) is 18.4 Å². The summed E-state index contributed by atoms with van der Waals surface area (Å²) < 4.78 is 45.7. The minimum atomic E-state index is -1.10. The van der Waals surface area contributed by atoms with Gasteiger partial charge < -0.3 is 24.5 Å². The highest BCUT2D eigenvalue weighted by molar-refractivity contribution is 6.11. The molecule has 0 radical (unpaired) electrons. The summed E-state index contributed by atoms with van der Waals surface area (Å²) in [5, 5.41) is 6.64. The van der Waals surface area contributed by atoms with E-state index in [1.165, 1.54) is 19.4 Å². The van der Waals surface area contributed by atoms with Gasteiger partial charge >= 0.3 is 0 Å². The van der Waals surface area contributed by atoms with Crippen LogP contribution < -0.4 is 15.4 Å². The van der Waals surface area contributed by atoms with Crippen LogP contribution in [0.2, 0.25) is 0 Å². The number of anilines is 3. The van der Waals surface area contributed by atoms with Gasteiger partial charge in [-0.25, -0.2) is 13.8 Å². The average Bonchev–Trinajstić information content (AvgIpc) is 3.31. The molecule has 4 aromatic rings. The van der Waals surface area contributed by atoms with Crippen molar-refractivity contribution >= 4 is 39.9 Å². The predicted octanol–water partition coefficient (Wildman–Crippen LogP) is 7.01. The van der Waals surface area contributed by atoms with Gasteiger partial charge in [-0.05, 0) is 61.2 Å². The summed E-state index contributed by atoms with van der Waals surface area (Å²) in [5.41, 5.74) is 2.84. The lowest BCUT2D eigenvalue weighted by Gasteiger charge is -2.17. The monoisotopic (exact) mass is 563 g/mol. The van der Waals surface area contributed by atoms with Crippen molar-refractivity contribution in [1.82, 2.24) is 4.98 Å². The van der Waals surface area contributed by atoms with Crippen LogP contribution in [-0.4, -0.2) is 30.9 Å². The number of ether oxygens (including phenoxy) is 2. The number of furan rings is 1. The molecule has 4 rings (SSSR count).